The van der Waals surface area contributed by atoms with Gasteiger partial charge in [0, 0.05) is 23.9 Å². The third-order valence-corrected chi connectivity index (χ3v) is 5.87. The van der Waals surface area contributed by atoms with Crippen LogP contribution in [0.25, 0.3) is 11.3 Å². The van der Waals surface area contributed by atoms with Crippen LogP contribution in [0.4, 0.5) is 4.79 Å². The van der Waals surface area contributed by atoms with Crippen molar-refractivity contribution in [2.75, 3.05) is 6.54 Å². The van der Waals surface area contributed by atoms with Crippen LogP contribution in [0, 0.1) is 0 Å². The molecule has 1 aliphatic heterocycles. The van der Waals surface area contributed by atoms with Gasteiger partial charge in [0.2, 0.25) is 5.91 Å². The van der Waals surface area contributed by atoms with Gasteiger partial charge in [0.1, 0.15) is 6.04 Å². The van der Waals surface area contributed by atoms with Gasteiger partial charge in [0.15, 0.2) is 0 Å². The largest absolute Gasteiger partial charge is 0.356 e. The molecule has 2 aromatic carbocycles. The maximum Gasteiger partial charge on any atom is 0.325 e. The standard InChI is InChI=1S/C23H22N4O3S/c28-20(24-12-11-21-25-19(15-31-21)17-9-5-2-6-10-17)13-18-22(29)27(23(30)26-18)14-16-7-3-1-4-8-16/h1-10,15,18H,11-14H2,(H,24,28)(H,26,30). The summed E-state index contributed by atoms with van der Waals surface area (Å²) in [4.78, 5) is 42.7. The normalized spacial score (nSPS) is 15.7. The number of aromatic nitrogens is 1. The number of carbonyl (C=O) groups is 3. The summed E-state index contributed by atoms with van der Waals surface area (Å²) in [5.74, 6) is -0.656. The Morgan fingerprint density at radius 2 is 1.77 bits per heavy atom. The second-order valence-corrected chi connectivity index (χ2v) is 8.15. The molecule has 7 nitrogen and oxygen atoms in total. The second-order valence-electron chi connectivity index (χ2n) is 7.21. The third-order valence-electron chi connectivity index (χ3n) is 4.96. The van der Waals surface area contributed by atoms with Crippen LogP contribution in [0.5, 0.6) is 0 Å². The highest BCUT2D eigenvalue weighted by Crippen LogP contribution is 2.21. The fourth-order valence-corrected chi connectivity index (χ4v) is 4.17. The van der Waals surface area contributed by atoms with Gasteiger partial charge in [-0.1, -0.05) is 60.7 Å². The average molecular weight is 435 g/mol. The summed E-state index contributed by atoms with van der Waals surface area (Å²) in [6.07, 6.45) is 0.525. The molecule has 0 radical (unpaired) electrons. The van der Waals surface area contributed by atoms with E-state index in [4.69, 9.17) is 0 Å². The lowest BCUT2D eigenvalue weighted by Gasteiger charge is -2.13. The molecule has 0 saturated carbocycles. The lowest BCUT2D eigenvalue weighted by molar-refractivity contribution is -0.131. The van der Waals surface area contributed by atoms with Crippen molar-refractivity contribution >= 4 is 29.2 Å². The van der Waals surface area contributed by atoms with Crippen molar-refractivity contribution in [3.8, 4) is 11.3 Å². The number of amides is 4. The van der Waals surface area contributed by atoms with Crippen molar-refractivity contribution in [2.24, 2.45) is 0 Å². The first-order chi connectivity index (χ1) is 15.1. The molecule has 1 saturated heterocycles. The fraction of sp³-hybridized carbons (Fsp3) is 0.217. The van der Waals surface area contributed by atoms with Gasteiger partial charge in [-0.05, 0) is 5.56 Å². The van der Waals surface area contributed by atoms with Gasteiger partial charge in [0.25, 0.3) is 5.91 Å². The van der Waals surface area contributed by atoms with E-state index in [0.29, 0.717) is 13.0 Å². The molecule has 4 amide bonds. The van der Waals surface area contributed by atoms with Crippen LogP contribution < -0.4 is 10.6 Å². The lowest BCUT2D eigenvalue weighted by Crippen LogP contribution is -2.37. The molecule has 1 aliphatic rings. The predicted octanol–water partition coefficient (Wildman–Crippen LogP) is 2.98. The molecule has 1 aromatic heterocycles. The number of nitrogens with one attached hydrogen (secondary N) is 2. The van der Waals surface area contributed by atoms with Gasteiger partial charge in [-0.2, -0.15) is 0 Å². The number of benzene rings is 2. The van der Waals surface area contributed by atoms with Gasteiger partial charge in [0.05, 0.1) is 23.7 Å². The molecule has 4 rings (SSSR count). The van der Waals surface area contributed by atoms with Crippen LogP contribution in [0.15, 0.2) is 66.0 Å². The number of rotatable bonds is 8. The Labute approximate surface area is 184 Å². The van der Waals surface area contributed by atoms with Crippen LogP contribution in [0.2, 0.25) is 0 Å². The molecular weight excluding hydrogens is 412 g/mol. The number of thiazole rings is 1. The van der Waals surface area contributed by atoms with E-state index >= 15 is 0 Å². The topological polar surface area (TPSA) is 91.4 Å². The Morgan fingerprint density at radius 3 is 2.52 bits per heavy atom. The molecule has 1 unspecified atom stereocenters. The van der Waals surface area contributed by atoms with Crippen molar-refractivity contribution in [3.63, 3.8) is 0 Å². The zero-order valence-corrected chi connectivity index (χ0v) is 17.6. The molecule has 2 N–H and O–H groups in total. The zero-order valence-electron chi connectivity index (χ0n) is 16.8. The molecule has 1 atom stereocenters. The van der Waals surface area contributed by atoms with Crippen molar-refractivity contribution in [2.45, 2.75) is 25.4 Å². The summed E-state index contributed by atoms with van der Waals surface area (Å²) < 4.78 is 0. The fourth-order valence-electron chi connectivity index (χ4n) is 3.36. The van der Waals surface area contributed by atoms with E-state index in [1.165, 1.54) is 0 Å². The quantitative estimate of drug-likeness (QED) is 0.533. The van der Waals surface area contributed by atoms with Crippen LogP contribution in [-0.2, 0) is 22.6 Å². The molecule has 3 aromatic rings. The van der Waals surface area contributed by atoms with Gasteiger partial charge < -0.3 is 10.6 Å². The first kappa shape index (κ1) is 20.7. The molecular formula is C23H22N4O3S. The minimum absolute atomic E-state index is 0.0804. The Bertz CT molecular complexity index is 1070. The Balaban J connectivity index is 1.24. The van der Waals surface area contributed by atoms with Crippen LogP contribution in [0.1, 0.15) is 17.0 Å². The minimum Gasteiger partial charge on any atom is -0.356 e. The maximum atomic E-state index is 12.5. The molecule has 0 aliphatic carbocycles. The summed E-state index contributed by atoms with van der Waals surface area (Å²) in [6.45, 7) is 0.612. The molecule has 31 heavy (non-hydrogen) atoms. The highest BCUT2D eigenvalue weighted by atomic mass is 32.1. The van der Waals surface area contributed by atoms with E-state index in [1.807, 2.05) is 66.0 Å². The van der Waals surface area contributed by atoms with Gasteiger partial charge in [-0.25, -0.2) is 9.78 Å². The van der Waals surface area contributed by atoms with E-state index in [1.54, 1.807) is 11.3 Å². The Kier molecular flexibility index (Phi) is 6.37. The van der Waals surface area contributed by atoms with Gasteiger partial charge >= 0.3 is 6.03 Å². The van der Waals surface area contributed by atoms with Crippen LogP contribution >= 0.6 is 11.3 Å². The van der Waals surface area contributed by atoms with E-state index in [0.717, 1.165) is 26.7 Å². The van der Waals surface area contributed by atoms with Crippen molar-refractivity contribution in [3.05, 3.63) is 76.6 Å². The molecule has 2 heterocycles. The Morgan fingerprint density at radius 1 is 1.06 bits per heavy atom. The SMILES string of the molecule is O=C(CC1NC(=O)N(Cc2ccccc2)C1=O)NCCc1nc(-c2ccccc2)cs1. The summed E-state index contributed by atoms with van der Waals surface area (Å²) in [7, 11) is 0. The van der Waals surface area contributed by atoms with E-state index < -0.39 is 12.1 Å². The minimum atomic E-state index is -0.833. The summed E-state index contributed by atoms with van der Waals surface area (Å²) in [5.41, 5.74) is 2.84. The number of carbonyl (C=O) groups excluding carboxylic acids is 3. The Hall–Kier alpha value is -3.52. The number of hydrogen-bond acceptors (Lipinski definition) is 5. The van der Waals surface area contributed by atoms with Crippen molar-refractivity contribution in [1.29, 1.82) is 0 Å². The first-order valence-corrected chi connectivity index (χ1v) is 10.9. The van der Waals surface area contributed by atoms with E-state index in [-0.39, 0.29) is 24.8 Å². The molecule has 0 bridgehead atoms. The number of urea groups is 1. The highest BCUT2D eigenvalue weighted by Gasteiger charge is 2.38. The lowest BCUT2D eigenvalue weighted by atomic mass is 10.1. The average Bonchev–Trinajstić information content (AvgIpc) is 3.36. The summed E-state index contributed by atoms with van der Waals surface area (Å²) >= 11 is 1.55. The van der Waals surface area contributed by atoms with Crippen molar-refractivity contribution < 1.29 is 14.4 Å². The van der Waals surface area contributed by atoms with Crippen molar-refractivity contribution in [1.82, 2.24) is 20.5 Å². The smallest absolute Gasteiger partial charge is 0.325 e. The summed E-state index contributed by atoms with van der Waals surface area (Å²) in [6, 6.07) is 17.9. The zero-order chi connectivity index (χ0) is 21.6. The second kappa shape index (κ2) is 9.53. The first-order valence-electron chi connectivity index (χ1n) is 10.0. The highest BCUT2D eigenvalue weighted by molar-refractivity contribution is 7.09. The monoisotopic (exact) mass is 434 g/mol. The molecule has 158 valence electrons. The molecule has 0 spiro atoms. The number of hydrogen-bond donors (Lipinski definition) is 2. The number of nitrogens with zero attached hydrogens (tertiary/aromatic N) is 2. The summed E-state index contributed by atoms with van der Waals surface area (Å²) in [5, 5.41) is 8.34. The molecule has 1 fully saturated rings. The third kappa shape index (κ3) is 5.16. The van der Waals surface area contributed by atoms with E-state index in [9.17, 15) is 14.4 Å². The van der Waals surface area contributed by atoms with Crippen LogP contribution in [-0.4, -0.2) is 40.3 Å². The predicted molar refractivity (Wildman–Crippen MR) is 118 cm³/mol. The van der Waals surface area contributed by atoms with Gasteiger partial charge in [-0.15, -0.1) is 11.3 Å². The van der Waals surface area contributed by atoms with Crippen LogP contribution in [0.3, 0.4) is 0 Å². The molecule has 8 heteroatoms. The van der Waals surface area contributed by atoms with E-state index in [2.05, 4.69) is 15.6 Å². The van der Waals surface area contributed by atoms with Gasteiger partial charge in [-0.3, -0.25) is 14.5 Å². The maximum absolute atomic E-state index is 12.5. The number of imide groups is 1.